The molecule has 0 spiro atoms. The van der Waals surface area contributed by atoms with Crippen LogP contribution < -0.4 is 14.4 Å². The highest BCUT2D eigenvalue weighted by molar-refractivity contribution is 6.32. The molecule has 0 aromatic heterocycles. The number of hydrogen-bond donors (Lipinski definition) is 0. The minimum atomic E-state index is -0.474. The van der Waals surface area contributed by atoms with Gasteiger partial charge in [-0.15, -0.1) is 0 Å². The topological polar surface area (TPSA) is 59.1 Å². The number of likely N-dealkylation sites (N-methyl/N-ethyl adjacent to an activating group) is 1. The van der Waals surface area contributed by atoms with Crippen LogP contribution in [0, 0.1) is 0 Å². The molecule has 2 aliphatic heterocycles. The monoisotopic (exact) mass is 398 g/mol. The molecule has 2 aliphatic rings. The molecular formula is C21H19ClN2O4. The summed E-state index contributed by atoms with van der Waals surface area (Å²) in [6.45, 7) is 0.720. The molecular weight excluding hydrogens is 380 g/mol. The molecule has 6 nitrogen and oxygen atoms in total. The first-order valence-corrected chi connectivity index (χ1v) is 9.33. The molecule has 0 radical (unpaired) electrons. The molecule has 0 bridgehead atoms. The summed E-state index contributed by atoms with van der Waals surface area (Å²) in [5, 5.41) is 0.430. The van der Waals surface area contributed by atoms with Gasteiger partial charge in [0.1, 0.15) is 6.04 Å². The van der Waals surface area contributed by atoms with Gasteiger partial charge >= 0.3 is 0 Å². The minimum absolute atomic E-state index is 0.0680. The lowest BCUT2D eigenvalue weighted by molar-refractivity contribution is -0.132. The second-order valence-electron chi connectivity index (χ2n) is 6.65. The number of nitrogens with zero attached hydrogens (tertiary/aromatic N) is 2. The largest absolute Gasteiger partial charge is 0.454 e. The number of ether oxygens (including phenoxy) is 2. The number of fused-ring (bicyclic) bond motifs is 1. The van der Waals surface area contributed by atoms with Crippen LogP contribution in [-0.2, 0) is 9.59 Å². The Bertz CT molecular complexity index is 945. The fraction of sp³-hybridized carbons (Fsp3) is 0.238. The van der Waals surface area contributed by atoms with Gasteiger partial charge < -0.3 is 19.3 Å². The summed E-state index contributed by atoms with van der Waals surface area (Å²) in [6, 6.07) is 12.5. The van der Waals surface area contributed by atoms with Crippen LogP contribution >= 0.6 is 11.6 Å². The zero-order valence-corrected chi connectivity index (χ0v) is 16.1. The Balaban J connectivity index is 1.45. The van der Waals surface area contributed by atoms with Crippen LogP contribution in [0.25, 0.3) is 6.08 Å². The molecule has 1 fully saturated rings. The van der Waals surface area contributed by atoms with Crippen LogP contribution in [0.3, 0.4) is 0 Å². The number of anilines is 1. The molecule has 2 aromatic carbocycles. The first-order valence-electron chi connectivity index (χ1n) is 8.95. The molecule has 1 saturated heterocycles. The van der Waals surface area contributed by atoms with Gasteiger partial charge in [0, 0.05) is 25.4 Å². The number of para-hydroxylation sites is 1. The fourth-order valence-electron chi connectivity index (χ4n) is 3.41. The van der Waals surface area contributed by atoms with E-state index in [2.05, 4.69) is 0 Å². The molecule has 2 aromatic rings. The number of hydrogen-bond acceptors (Lipinski definition) is 4. The van der Waals surface area contributed by atoms with Crippen molar-refractivity contribution >= 4 is 35.2 Å². The molecule has 0 saturated carbocycles. The van der Waals surface area contributed by atoms with E-state index >= 15 is 0 Å². The van der Waals surface area contributed by atoms with Gasteiger partial charge in [0.15, 0.2) is 11.5 Å². The van der Waals surface area contributed by atoms with Gasteiger partial charge in [0.05, 0.1) is 5.02 Å². The standard InChI is InChI=1S/C21H19ClN2O4/c1-23(17-9-10-24(21(17)26)15-5-3-2-4-6-15)19(25)8-7-14-11-16(22)20-18(12-14)27-13-28-20/h2-8,11-12,17H,9-10,13H2,1H3. The maximum atomic E-state index is 12.8. The third-order valence-corrected chi connectivity index (χ3v) is 5.21. The minimum Gasteiger partial charge on any atom is -0.454 e. The van der Waals surface area contributed by atoms with E-state index in [0.29, 0.717) is 29.5 Å². The third-order valence-electron chi connectivity index (χ3n) is 4.93. The van der Waals surface area contributed by atoms with E-state index in [1.165, 1.54) is 11.0 Å². The fourth-order valence-corrected chi connectivity index (χ4v) is 3.68. The Morgan fingerprint density at radius 2 is 2.04 bits per heavy atom. The molecule has 144 valence electrons. The number of carbonyl (C=O) groups is 2. The number of amides is 2. The van der Waals surface area contributed by atoms with Crippen molar-refractivity contribution in [3.8, 4) is 11.5 Å². The van der Waals surface area contributed by atoms with Crippen molar-refractivity contribution < 1.29 is 19.1 Å². The summed E-state index contributed by atoms with van der Waals surface area (Å²) in [5.41, 5.74) is 1.57. The molecule has 2 amide bonds. The first-order chi connectivity index (χ1) is 13.5. The average molecular weight is 399 g/mol. The smallest absolute Gasteiger partial charge is 0.249 e. The maximum absolute atomic E-state index is 12.8. The first kappa shape index (κ1) is 18.4. The quantitative estimate of drug-likeness (QED) is 0.741. The number of halogens is 1. The van der Waals surface area contributed by atoms with Crippen molar-refractivity contribution in [2.45, 2.75) is 12.5 Å². The highest BCUT2D eigenvalue weighted by atomic mass is 35.5. The van der Waals surface area contributed by atoms with E-state index in [1.54, 1.807) is 30.2 Å². The van der Waals surface area contributed by atoms with Crippen molar-refractivity contribution in [2.24, 2.45) is 0 Å². The summed E-state index contributed by atoms with van der Waals surface area (Å²) < 4.78 is 10.6. The molecule has 4 rings (SSSR count). The van der Waals surface area contributed by atoms with Gasteiger partial charge in [-0.2, -0.15) is 0 Å². The van der Waals surface area contributed by atoms with E-state index in [0.717, 1.165) is 11.3 Å². The highest BCUT2D eigenvalue weighted by Crippen LogP contribution is 2.40. The molecule has 7 heteroatoms. The Morgan fingerprint density at radius 3 is 2.82 bits per heavy atom. The number of benzene rings is 2. The number of rotatable bonds is 4. The van der Waals surface area contributed by atoms with Crippen LogP contribution in [0.5, 0.6) is 11.5 Å². The zero-order valence-electron chi connectivity index (χ0n) is 15.3. The molecule has 1 atom stereocenters. The summed E-state index contributed by atoms with van der Waals surface area (Å²) >= 11 is 6.17. The summed E-state index contributed by atoms with van der Waals surface area (Å²) in [5.74, 6) is 0.751. The van der Waals surface area contributed by atoms with Gasteiger partial charge in [-0.25, -0.2) is 0 Å². The van der Waals surface area contributed by atoms with Gasteiger partial charge in [-0.3, -0.25) is 9.59 Å². The van der Waals surface area contributed by atoms with Gasteiger partial charge in [-0.05, 0) is 42.3 Å². The van der Waals surface area contributed by atoms with E-state index < -0.39 is 6.04 Å². The molecule has 0 aliphatic carbocycles. The van der Waals surface area contributed by atoms with Crippen molar-refractivity contribution in [3.05, 3.63) is 59.1 Å². The van der Waals surface area contributed by atoms with E-state index in [1.807, 2.05) is 30.3 Å². The summed E-state index contributed by atoms with van der Waals surface area (Å²) in [6.07, 6.45) is 3.69. The average Bonchev–Trinajstić information content (AvgIpc) is 3.33. The molecule has 0 N–H and O–H groups in total. The lowest BCUT2D eigenvalue weighted by Gasteiger charge is -2.23. The predicted molar refractivity (Wildman–Crippen MR) is 107 cm³/mol. The Labute approximate surface area is 167 Å². The van der Waals surface area contributed by atoms with E-state index in [4.69, 9.17) is 21.1 Å². The molecule has 2 heterocycles. The van der Waals surface area contributed by atoms with Crippen LogP contribution in [0.4, 0.5) is 5.69 Å². The SMILES string of the molecule is CN(C(=O)C=Cc1cc(Cl)c2c(c1)OCO2)C1CCN(c2ccccc2)C1=O. The third kappa shape index (κ3) is 3.43. The van der Waals surface area contributed by atoms with Crippen LogP contribution in [0.15, 0.2) is 48.5 Å². The Kier molecular flexibility index (Phi) is 4.96. The second kappa shape index (κ2) is 7.56. The van der Waals surface area contributed by atoms with Crippen LogP contribution in [0.2, 0.25) is 5.02 Å². The van der Waals surface area contributed by atoms with Gasteiger partial charge in [0.25, 0.3) is 0 Å². The predicted octanol–water partition coefficient (Wildman–Crippen LogP) is 3.35. The lowest BCUT2D eigenvalue weighted by atomic mass is 10.1. The van der Waals surface area contributed by atoms with Crippen LogP contribution in [-0.4, -0.2) is 43.1 Å². The Hall–Kier alpha value is -2.99. The molecule has 1 unspecified atom stereocenters. The summed E-state index contributed by atoms with van der Waals surface area (Å²) in [7, 11) is 1.65. The van der Waals surface area contributed by atoms with Crippen LogP contribution in [0.1, 0.15) is 12.0 Å². The second-order valence-corrected chi connectivity index (χ2v) is 7.06. The van der Waals surface area contributed by atoms with Crippen molar-refractivity contribution in [1.82, 2.24) is 4.90 Å². The van der Waals surface area contributed by atoms with Gasteiger partial charge in [0.2, 0.25) is 18.6 Å². The number of carbonyl (C=O) groups excluding carboxylic acids is 2. The maximum Gasteiger partial charge on any atom is 0.249 e. The van der Waals surface area contributed by atoms with Gasteiger partial charge in [-0.1, -0.05) is 29.8 Å². The Morgan fingerprint density at radius 1 is 1.25 bits per heavy atom. The van der Waals surface area contributed by atoms with E-state index in [-0.39, 0.29) is 18.6 Å². The zero-order chi connectivity index (χ0) is 19.7. The normalized spacial score (nSPS) is 18.1. The van der Waals surface area contributed by atoms with Crippen molar-refractivity contribution in [3.63, 3.8) is 0 Å². The highest BCUT2D eigenvalue weighted by Gasteiger charge is 2.36. The van der Waals surface area contributed by atoms with E-state index in [9.17, 15) is 9.59 Å². The lowest BCUT2D eigenvalue weighted by Crippen LogP contribution is -2.42. The summed E-state index contributed by atoms with van der Waals surface area (Å²) in [4.78, 5) is 28.5. The van der Waals surface area contributed by atoms with Crippen molar-refractivity contribution in [1.29, 1.82) is 0 Å². The molecule has 28 heavy (non-hydrogen) atoms. The van der Waals surface area contributed by atoms with Crippen molar-refractivity contribution in [2.75, 3.05) is 25.3 Å².